The van der Waals surface area contributed by atoms with E-state index >= 15 is 0 Å². The number of Topliss-reactive ketones (excluding diaryl/α,β-unsaturated/α-hetero) is 1. The highest BCUT2D eigenvalue weighted by Crippen LogP contribution is 2.39. The number of ketones is 1. The molecule has 1 aliphatic heterocycles. The molecule has 0 aromatic heterocycles. The van der Waals surface area contributed by atoms with E-state index in [0.29, 0.717) is 22.4 Å². The number of rotatable bonds is 8. The first-order valence-corrected chi connectivity index (χ1v) is 14.5. The van der Waals surface area contributed by atoms with Gasteiger partial charge in [0.1, 0.15) is 5.75 Å². The number of carbonyl (C=O) groups is 3. The number of aryl methyl sites for hydroxylation is 2. The molecule has 3 aromatic rings. The van der Waals surface area contributed by atoms with Crippen molar-refractivity contribution in [3.63, 3.8) is 0 Å². The van der Waals surface area contributed by atoms with Crippen LogP contribution in [0, 0.1) is 25.6 Å². The fraction of sp³-hybridized carbons (Fsp3) is 0.323. The highest BCUT2D eigenvalue weighted by Gasteiger charge is 2.42. The van der Waals surface area contributed by atoms with Crippen LogP contribution in [0.5, 0.6) is 11.5 Å². The zero-order valence-corrected chi connectivity index (χ0v) is 24.9. The standard InChI is InChI=1S/C31H31ClFNO6S/c1-17-12-20(13-18(2)28(17)40-31(3,4)29(36)37)23-15-34(30(38)39-26-11-8-21(32)14-25(26)33)16-24(23)27(35)19-6-9-22(41-5)10-7-19/h6-14,23-24H,15-16H2,1-5H3,(H,36,37). The molecule has 0 bridgehead atoms. The van der Waals surface area contributed by atoms with Crippen LogP contribution < -0.4 is 9.47 Å². The van der Waals surface area contributed by atoms with Gasteiger partial charge >= 0.3 is 12.1 Å². The smallest absolute Gasteiger partial charge is 0.415 e. The molecule has 1 saturated heterocycles. The highest BCUT2D eigenvalue weighted by molar-refractivity contribution is 7.98. The second-order valence-electron chi connectivity index (χ2n) is 10.6. The van der Waals surface area contributed by atoms with Crippen LogP contribution in [-0.4, -0.2) is 52.8 Å². The number of hydrogen-bond acceptors (Lipinski definition) is 6. The van der Waals surface area contributed by atoms with Crippen molar-refractivity contribution in [2.45, 2.75) is 44.1 Å². The van der Waals surface area contributed by atoms with E-state index in [-0.39, 0.29) is 29.6 Å². The second kappa shape index (κ2) is 12.1. The van der Waals surface area contributed by atoms with Crippen LogP contribution in [0.4, 0.5) is 9.18 Å². The SMILES string of the molecule is CSc1ccc(C(=O)C2CN(C(=O)Oc3ccc(Cl)cc3F)CC2c2cc(C)c(OC(C)(C)C(=O)O)c(C)c2)cc1. The molecule has 1 fully saturated rings. The number of hydrogen-bond donors (Lipinski definition) is 1. The van der Waals surface area contributed by atoms with E-state index in [1.165, 1.54) is 30.9 Å². The van der Waals surface area contributed by atoms with Crippen LogP contribution >= 0.6 is 23.4 Å². The van der Waals surface area contributed by atoms with E-state index in [0.717, 1.165) is 16.5 Å². The highest BCUT2D eigenvalue weighted by atomic mass is 35.5. The predicted molar refractivity (Wildman–Crippen MR) is 156 cm³/mol. The Morgan fingerprint density at radius 2 is 1.66 bits per heavy atom. The lowest BCUT2D eigenvalue weighted by molar-refractivity contribution is -0.152. The minimum atomic E-state index is -1.44. The summed E-state index contributed by atoms with van der Waals surface area (Å²) in [5.74, 6) is -2.80. The number of thioether (sulfide) groups is 1. The quantitative estimate of drug-likeness (QED) is 0.217. The van der Waals surface area contributed by atoms with E-state index in [2.05, 4.69) is 0 Å². The van der Waals surface area contributed by atoms with Crippen molar-refractivity contribution in [3.05, 3.63) is 87.7 Å². The summed E-state index contributed by atoms with van der Waals surface area (Å²) in [5, 5.41) is 9.70. The molecule has 0 saturated carbocycles. The Balaban J connectivity index is 1.67. The Morgan fingerprint density at radius 1 is 1.02 bits per heavy atom. The van der Waals surface area contributed by atoms with Crippen LogP contribution in [-0.2, 0) is 4.79 Å². The molecule has 0 aliphatic carbocycles. The molecule has 2 atom stereocenters. The Hall–Kier alpha value is -3.56. The molecule has 2 unspecified atom stereocenters. The predicted octanol–water partition coefficient (Wildman–Crippen LogP) is 7.16. The number of carboxylic acid groups (broad SMARTS) is 1. The first-order chi connectivity index (χ1) is 19.3. The van der Waals surface area contributed by atoms with Gasteiger partial charge in [0.05, 0.1) is 0 Å². The topological polar surface area (TPSA) is 93.1 Å². The van der Waals surface area contributed by atoms with Gasteiger partial charge in [0, 0.05) is 40.4 Å². The third-order valence-corrected chi connectivity index (χ3v) is 8.14. The summed E-state index contributed by atoms with van der Waals surface area (Å²) >= 11 is 7.39. The number of carbonyl (C=O) groups excluding carboxylic acids is 2. The minimum Gasteiger partial charge on any atom is -0.478 e. The maximum absolute atomic E-state index is 14.3. The molecule has 216 valence electrons. The van der Waals surface area contributed by atoms with Gasteiger partial charge in [-0.3, -0.25) is 4.79 Å². The number of carboxylic acids is 1. The van der Waals surface area contributed by atoms with Gasteiger partial charge in [0.25, 0.3) is 0 Å². The van der Waals surface area contributed by atoms with Crippen LogP contribution in [0.25, 0.3) is 0 Å². The van der Waals surface area contributed by atoms with Gasteiger partial charge in [0.15, 0.2) is 23.0 Å². The number of likely N-dealkylation sites (tertiary alicyclic amines) is 1. The molecule has 4 rings (SSSR count). The average molecular weight is 600 g/mol. The third-order valence-electron chi connectivity index (χ3n) is 7.16. The lowest BCUT2D eigenvalue weighted by Crippen LogP contribution is -2.38. The van der Waals surface area contributed by atoms with Gasteiger partial charge in [-0.1, -0.05) is 35.9 Å². The van der Waals surface area contributed by atoms with Crippen LogP contribution in [0.2, 0.25) is 5.02 Å². The van der Waals surface area contributed by atoms with Gasteiger partial charge in [-0.25, -0.2) is 14.0 Å². The fourth-order valence-electron chi connectivity index (χ4n) is 4.90. The molecule has 10 heteroatoms. The molecular weight excluding hydrogens is 569 g/mol. The van der Waals surface area contributed by atoms with Crippen LogP contribution in [0.1, 0.15) is 46.8 Å². The van der Waals surface area contributed by atoms with Gasteiger partial charge < -0.3 is 19.5 Å². The Bertz CT molecular complexity index is 1470. The molecule has 0 radical (unpaired) electrons. The van der Waals surface area contributed by atoms with Crippen molar-refractivity contribution >= 4 is 41.2 Å². The van der Waals surface area contributed by atoms with Crippen molar-refractivity contribution < 1.29 is 33.4 Å². The first kappa shape index (κ1) is 30.4. The molecule has 1 heterocycles. The zero-order chi connectivity index (χ0) is 30.1. The van der Waals surface area contributed by atoms with Gasteiger partial charge in [-0.2, -0.15) is 0 Å². The second-order valence-corrected chi connectivity index (χ2v) is 11.9. The molecule has 1 amide bonds. The maximum Gasteiger partial charge on any atom is 0.415 e. The summed E-state index contributed by atoms with van der Waals surface area (Å²) in [5.41, 5.74) is 1.28. The molecule has 0 spiro atoms. The minimum absolute atomic E-state index is 0.0736. The first-order valence-electron chi connectivity index (χ1n) is 12.9. The maximum atomic E-state index is 14.3. The molecular formula is C31H31ClFNO6S. The summed E-state index contributed by atoms with van der Waals surface area (Å²) in [7, 11) is 0. The third kappa shape index (κ3) is 6.68. The van der Waals surface area contributed by atoms with E-state index in [1.807, 2.05) is 44.4 Å². The van der Waals surface area contributed by atoms with Gasteiger partial charge in [0.2, 0.25) is 0 Å². The number of aliphatic carboxylic acids is 1. The van der Waals surface area contributed by atoms with Crippen molar-refractivity contribution in [3.8, 4) is 11.5 Å². The number of halogens is 2. The number of benzene rings is 3. The average Bonchev–Trinajstić information content (AvgIpc) is 3.37. The Kier molecular flexibility index (Phi) is 8.99. The van der Waals surface area contributed by atoms with Crippen molar-refractivity contribution in [1.82, 2.24) is 4.90 Å². The van der Waals surface area contributed by atoms with E-state index in [9.17, 15) is 23.9 Å². The summed E-state index contributed by atoms with van der Waals surface area (Å²) in [6.45, 7) is 6.81. The number of amides is 1. The molecule has 1 aliphatic rings. The van der Waals surface area contributed by atoms with Gasteiger partial charge in [-0.05, 0) is 81.0 Å². The van der Waals surface area contributed by atoms with Crippen molar-refractivity contribution in [2.75, 3.05) is 19.3 Å². The largest absolute Gasteiger partial charge is 0.478 e. The Morgan fingerprint density at radius 3 is 2.22 bits per heavy atom. The van der Waals surface area contributed by atoms with Gasteiger partial charge in [-0.15, -0.1) is 11.8 Å². The van der Waals surface area contributed by atoms with E-state index in [1.54, 1.807) is 23.9 Å². The summed E-state index contributed by atoms with van der Waals surface area (Å²) < 4.78 is 25.5. The number of nitrogens with zero attached hydrogens (tertiary/aromatic N) is 1. The van der Waals surface area contributed by atoms with E-state index < -0.39 is 35.3 Å². The zero-order valence-electron chi connectivity index (χ0n) is 23.4. The van der Waals surface area contributed by atoms with E-state index in [4.69, 9.17) is 21.1 Å². The summed E-state index contributed by atoms with van der Waals surface area (Å²) in [6.07, 6.45) is 1.17. The molecule has 3 aromatic carbocycles. The monoisotopic (exact) mass is 599 g/mol. The van der Waals surface area contributed by atoms with Crippen molar-refractivity contribution in [2.24, 2.45) is 5.92 Å². The normalized spacial score (nSPS) is 16.9. The van der Waals surface area contributed by atoms with Crippen molar-refractivity contribution in [1.29, 1.82) is 0 Å². The fourth-order valence-corrected chi connectivity index (χ4v) is 5.47. The lowest BCUT2D eigenvalue weighted by atomic mass is 9.82. The molecule has 7 nitrogen and oxygen atoms in total. The lowest BCUT2D eigenvalue weighted by Gasteiger charge is -2.26. The molecule has 1 N–H and O–H groups in total. The van der Waals surface area contributed by atoms with Crippen LogP contribution in [0.15, 0.2) is 59.5 Å². The summed E-state index contributed by atoms with van der Waals surface area (Å²) in [6, 6.07) is 14.8. The Labute approximate surface area is 247 Å². The van der Waals surface area contributed by atoms with Crippen LogP contribution in [0.3, 0.4) is 0 Å². The summed E-state index contributed by atoms with van der Waals surface area (Å²) in [4.78, 5) is 41.0. The molecule has 41 heavy (non-hydrogen) atoms. The number of ether oxygens (including phenoxy) is 2.